The van der Waals surface area contributed by atoms with Crippen LogP contribution in [0.1, 0.15) is 78.1 Å². The van der Waals surface area contributed by atoms with Crippen molar-refractivity contribution in [2.45, 2.75) is 78.1 Å². The normalized spacial score (nSPS) is 27.8. The first-order chi connectivity index (χ1) is 17.0. The Bertz CT molecular complexity index is 983. The second kappa shape index (κ2) is 10.9. The summed E-state index contributed by atoms with van der Waals surface area (Å²) in [6, 6.07) is 10.2. The summed E-state index contributed by atoms with van der Waals surface area (Å²) >= 11 is 0. The molecule has 5 nitrogen and oxygen atoms in total. The number of amides is 1. The van der Waals surface area contributed by atoms with Gasteiger partial charge in [0.15, 0.2) is 0 Å². The summed E-state index contributed by atoms with van der Waals surface area (Å²) in [5.41, 5.74) is 2.07. The third-order valence-electron chi connectivity index (χ3n) is 8.66. The first-order valence-corrected chi connectivity index (χ1v) is 14.0. The molecule has 1 heterocycles. The van der Waals surface area contributed by atoms with Crippen LogP contribution in [0.4, 0.5) is 11.5 Å². The first-order valence-electron chi connectivity index (χ1n) is 14.0. The van der Waals surface area contributed by atoms with Crippen molar-refractivity contribution in [1.82, 2.24) is 10.3 Å². The number of nitrogens with one attached hydrogen (secondary N) is 3. The maximum absolute atomic E-state index is 13.2. The zero-order valence-corrected chi connectivity index (χ0v) is 21.6. The van der Waals surface area contributed by atoms with Crippen LogP contribution >= 0.6 is 0 Å². The van der Waals surface area contributed by atoms with E-state index < -0.39 is 0 Å². The number of carbonyl (C=O) groups excluding carboxylic acids is 1. The number of rotatable bonds is 12. The van der Waals surface area contributed by atoms with Crippen molar-refractivity contribution in [3.8, 4) is 0 Å². The summed E-state index contributed by atoms with van der Waals surface area (Å²) in [5, 5.41) is 11.1. The van der Waals surface area contributed by atoms with E-state index in [1.165, 1.54) is 51.4 Å². The monoisotopic (exact) mass is 475 g/mol. The highest BCUT2D eigenvalue weighted by molar-refractivity contribution is 6.01. The molecule has 1 aromatic heterocycles. The van der Waals surface area contributed by atoms with Gasteiger partial charge in [0.25, 0.3) is 0 Å². The SMILES string of the molecule is CCCC(C)[CH]NCCCNc1ccc2c(NC(=O)CC34CC5CC(CC(C5)C3)C4)cccc2n1. The van der Waals surface area contributed by atoms with Gasteiger partial charge in [-0.3, -0.25) is 4.79 Å². The van der Waals surface area contributed by atoms with E-state index in [1.54, 1.807) is 0 Å². The fraction of sp³-hybridized carbons (Fsp3) is 0.633. The summed E-state index contributed by atoms with van der Waals surface area (Å²) in [6.45, 7) is 8.55. The Hall–Kier alpha value is -2.14. The van der Waals surface area contributed by atoms with Gasteiger partial charge in [-0.25, -0.2) is 4.98 Å². The Morgan fingerprint density at radius 3 is 2.54 bits per heavy atom. The average Bonchev–Trinajstić information content (AvgIpc) is 2.80. The van der Waals surface area contributed by atoms with Crippen LogP contribution in [-0.4, -0.2) is 24.0 Å². The minimum Gasteiger partial charge on any atom is -0.370 e. The van der Waals surface area contributed by atoms with Crippen LogP contribution in [0.15, 0.2) is 30.3 Å². The topological polar surface area (TPSA) is 66.0 Å². The smallest absolute Gasteiger partial charge is 0.224 e. The van der Waals surface area contributed by atoms with Crippen molar-refractivity contribution >= 4 is 28.3 Å². The Morgan fingerprint density at radius 1 is 1.09 bits per heavy atom. The summed E-state index contributed by atoms with van der Waals surface area (Å²) in [5.74, 6) is 4.31. The largest absolute Gasteiger partial charge is 0.370 e. The maximum atomic E-state index is 13.2. The predicted molar refractivity (Wildman–Crippen MR) is 145 cm³/mol. The highest BCUT2D eigenvalue weighted by Crippen LogP contribution is 2.61. The molecule has 35 heavy (non-hydrogen) atoms. The lowest BCUT2D eigenvalue weighted by Crippen LogP contribution is -2.47. The molecule has 2 aromatic rings. The molecule has 4 bridgehead atoms. The number of carbonyl (C=O) groups is 1. The molecule has 1 radical (unpaired) electrons. The Kier molecular flexibility index (Phi) is 7.62. The van der Waals surface area contributed by atoms with E-state index >= 15 is 0 Å². The number of hydrogen-bond donors (Lipinski definition) is 3. The molecular weight excluding hydrogens is 432 g/mol. The number of benzene rings is 1. The lowest BCUT2D eigenvalue weighted by Gasteiger charge is -2.56. The number of nitrogens with zero attached hydrogens (tertiary/aromatic N) is 1. The van der Waals surface area contributed by atoms with Gasteiger partial charge in [0.05, 0.1) is 11.2 Å². The Labute approximate surface area is 211 Å². The molecule has 1 atom stereocenters. The van der Waals surface area contributed by atoms with Crippen molar-refractivity contribution in [1.29, 1.82) is 0 Å². The van der Waals surface area contributed by atoms with Crippen molar-refractivity contribution < 1.29 is 4.79 Å². The summed E-state index contributed by atoms with van der Waals surface area (Å²) < 4.78 is 0. The van der Waals surface area contributed by atoms with Gasteiger partial charge in [0, 0.05) is 24.9 Å². The molecule has 189 valence electrons. The van der Waals surface area contributed by atoms with Crippen LogP contribution in [-0.2, 0) is 4.79 Å². The number of fused-ring (bicyclic) bond motifs is 1. The first kappa shape index (κ1) is 24.5. The highest BCUT2D eigenvalue weighted by atomic mass is 16.1. The Balaban J connectivity index is 1.13. The van der Waals surface area contributed by atoms with E-state index in [2.05, 4.69) is 42.4 Å². The van der Waals surface area contributed by atoms with Crippen LogP contribution in [0.5, 0.6) is 0 Å². The maximum Gasteiger partial charge on any atom is 0.224 e. The van der Waals surface area contributed by atoms with E-state index in [0.717, 1.165) is 59.7 Å². The fourth-order valence-electron chi connectivity index (χ4n) is 7.63. The minimum atomic E-state index is 0.180. The van der Waals surface area contributed by atoms with E-state index in [0.29, 0.717) is 12.3 Å². The van der Waals surface area contributed by atoms with Gasteiger partial charge in [-0.05, 0) is 111 Å². The lowest BCUT2D eigenvalue weighted by atomic mass is 9.49. The molecule has 3 N–H and O–H groups in total. The van der Waals surface area contributed by atoms with Gasteiger partial charge in [-0.1, -0.05) is 26.3 Å². The third kappa shape index (κ3) is 5.99. The molecular formula is C30H43N4O. The lowest BCUT2D eigenvalue weighted by molar-refractivity contribution is -0.124. The third-order valence-corrected chi connectivity index (χ3v) is 8.66. The molecule has 1 amide bonds. The van der Waals surface area contributed by atoms with E-state index in [1.807, 2.05) is 24.3 Å². The summed E-state index contributed by atoms with van der Waals surface area (Å²) in [4.78, 5) is 18.0. The van der Waals surface area contributed by atoms with E-state index in [-0.39, 0.29) is 11.3 Å². The van der Waals surface area contributed by atoms with E-state index in [4.69, 9.17) is 4.98 Å². The number of hydrogen-bond acceptors (Lipinski definition) is 4. The van der Waals surface area contributed by atoms with E-state index in [9.17, 15) is 4.79 Å². The van der Waals surface area contributed by atoms with Crippen LogP contribution in [0.3, 0.4) is 0 Å². The van der Waals surface area contributed by atoms with Crippen LogP contribution in [0, 0.1) is 35.6 Å². The predicted octanol–water partition coefficient (Wildman–Crippen LogP) is 6.77. The molecule has 4 aliphatic carbocycles. The average molecular weight is 476 g/mol. The Morgan fingerprint density at radius 2 is 1.83 bits per heavy atom. The second-order valence-electron chi connectivity index (χ2n) is 11.9. The molecule has 4 aliphatic rings. The molecule has 4 fully saturated rings. The van der Waals surface area contributed by atoms with Crippen LogP contribution in [0.2, 0.25) is 0 Å². The number of anilines is 2. The summed E-state index contributed by atoms with van der Waals surface area (Å²) in [6.07, 6.45) is 12.2. The van der Waals surface area contributed by atoms with Crippen molar-refractivity contribution in [2.24, 2.45) is 29.1 Å². The van der Waals surface area contributed by atoms with Crippen molar-refractivity contribution in [3.05, 3.63) is 36.9 Å². The minimum absolute atomic E-state index is 0.180. The van der Waals surface area contributed by atoms with Gasteiger partial charge in [0.1, 0.15) is 5.82 Å². The molecule has 1 aromatic carbocycles. The fourth-order valence-corrected chi connectivity index (χ4v) is 7.63. The van der Waals surface area contributed by atoms with Crippen LogP contribution < -0.4 is 16.0 Å². The number of pyridine rings is 1. The van der Waals surface area contributed by atoms with Gasteiger partial charge in [-0.2, -0.15) is 0 Å². The molecule has 6 rings (SSSR count). The quantitative estimate of drug-likeness (QED) is 0.296. The molecule has 5 heteroatoms. The van der Waals surface area contributed by atoms with Crippen LogP contribution in [0.25, 0.3) is 10.9 Å². The molecule has 0 saturated heterocycles. The highest BCUT2D eigenvalue weighted by Gasteiger charge is 2.51. The molecule has 1 unspecified atom stereocenters. The molecule has 4 saturated carbocycles. The van der Waals surface area contributed by atoms with Gasteiger partial charge in [-0.15, -0.1) is 0 Å². The van der Waals surface area contributed by atoms with Gasteiger partial charge >= 0.3 is 0 Å². The van der Waals surface area contributed by atoms with Gasteiger partial charge in [0.2, 0.25) is 5.91 Å². The number of aromatic nitrogens is 1. The van der Waals surface area contributed by atoms with Crippen molar-refractivity contribution in [2.75, 3.05) is 23.7 Å². The standard InChI is InChI=1S/C30H43N4O/c1-3-6-21(2)20-31-11-5-12-32-28-10-9-25-26(33-28)7-4-8-27(25)34-29(35)19-30-16-22-13-23(17-30)15-24(14-22)18-30/h4,7-10,20-24,31H,3,5-6,11-19H2,1-2H3,(H,32,33)(H,34,35). The molecule has 0 aliphatic heterocycles. The zero-order valence-electron chi connectivity index (χ0n) is 21.6. The van der Waals surface area contributed by atoms with Gasteiger partial charge < -0.3 is 16.0 Å². The second-order valence-corrected chi connectivity index (χ2v) is 11.9. The zero-order chi connectivity index (χ0) is 24.3. The molecule has 0 spiro atoms. The summed E-state index contributed by atoms with van der Waals surface area (Å²) in [7, 11) is 0. The van der Waals surface area contributed by atoms with Crippen molar-refractivity contribution in [3.63, 3.8) is 0 Å².